The third-order valence-electron chi connectivity index (χ3n) is 3.22. The minimum Gasteiger partial charge on any atom is -1.00 e. The quantitative estimate of drug-likeness (QED) is 0.672. The first kappa shape index (κ1) is 16.9. The van der Waals surface area contributed by atoms with Crippen molar-refractivity contribution in [3.8, 4) is 0 Å². The average Bonchev–Trinajstić information content (AvgIpc) is 2.40. The fourth-order valence-electron chi connectivity index (χ4n) is 2.37. The average molecular weight is 314 g/mol. The van der Waals surface area contributed by atoms with Crippen LogP contribution in [0.15, 0.2) is 48.8 Å². The summed E-state index contributed by atoms with van der Waals surface area (Å²) in [6.07, 6.45) is 3.26. The van der Waals surface area contributed by atoms with E-state index >= 15 is 0 Å². The first-order valence-corrected chi connectivity index (χ1v) is 6.12. The molecule has 0 fully saturated rings. The first-order chi connectivity index (χ1) is 8.83. The fourth-order valence-corrected chi connectivity index (χ4v) is 2.37. The number of fused-ring (bicyclic) bond motifs is 1. The van der Waals surface area contributed by atoms with Gasteiger partial charge in [0.2, 0.25) is 0 Å². The van der Waals surface area contributed by atoms with Crippen molar-refractivity contribution in [3.63, 3.8) is 0 Å². The van der Waals surface area contributed by atoms with Gasteiger partial charge in [-0.1, -0.05) is 12.1 Å². The van der Waals surface area contributed by atoms with E-state index in [1.54, 1.807) is 6.20 Å². The summed E-state index contributed by atoms with van der Waals surface area (Å²) in [6, 6.07) is 11.9. The van der Waals surface area contributed by atoms with Crippen LogP contribution in [0, 0.1) is 0 Å². The molecular formula is C14H17Cl2N3O. The molecule has 1 unspecified atom stereocenters. The standard InChI is InChI=1S/C14H16N3O.2ClH/c18-14-11-16(9-12-5-1-3-7-15-12)10-13-6-2-4-8-17(13)14;;/h1-8,14,18H,9-11H2;2*1H/q+1;;/p-1. The lowest BCUT2D eigenvalue weighted by Crippen LogP contribution is -3.00. The van der Waals surface area contributed by atoms with Gasteiger partial charge in [-0.3, -0.25) is 9.88 Å². The minimum atomic E-state index is -0.473. The molecule has 20 heavy (non-hydrogen) atoms. The molecule has 1 N–H and O–H groups in total. The summed E-state index contributed by atoms with van der Waals surface area (Å²) in [4.78, 5) is 6.53. The van der Waals surface area contributed by atoms with Crippen molar-refractivity contribution in [2.75, 3.05) is 6.54 Å². The third-order valence-corrected chi connectivity index (χ3v) is 3.22. The van der Waals surface area contributed by atoms with Crippen LogP contribution in [0.4, 0.5) is 0 Å². The van der Waals surface area contributed by atoms with Gasteiger partial charge in [-0.05, 0) is 12.1 Å². The Bertz CT molecular complexity index is 539. The van der Waals surface area contributed by atoms with Crippen molar-refractivity contribution in [3.05, 3.63) is 60.2 Å². The Morgan fingerprint density at radius 3 is 2.80 bits per heavy atom. The van der Waals surface area contributed by atoms with Crippen LogP contribution < -0.4 is 17.0 Å². The van der Waals surface area contributed by atoms with Crippen LogP contribution in [0.5, 0.6) is 0 Å². The Labute approximate surface area is 130 Å². The lowest BCUT2D eigenvalue weighted by atomic mass is 10.2. The van der Waals surface area contributed by atoms with E-state index in [1.807, 2.05) is 47.2 Å². The molecule has 0 saturated carbocycles. The number of rotatable bonds is 2. The van der Waals surface area contributed by atoms with Crippen molar-refractivity contribution in [2.24, 2.45) is 0 Å². The van der Waals surface area contributed by atoms with Crippen LogP contribution in [-0.2, 0) is 13.1 Å². The van der Waals surface area contributed by atoms with Crippen LogP contribution in [0.3, 0.4) is 0 Å². The van der Waals surface area contributed by atoms with Gasteiger partial charge in [0.1, 0.15) is 0 Å². The number of aromatic nitrogens is 2. The molecule has 2 aromatic heterocycles. The van der Waals surface area contributed by atoms with E-state index in [-0.39, 0.29) is 24.8 Å². The van der Waals surface area contributed by atoms with Gasteiger partial charge in [-0.15, -0.1) is 12.4 Å². The largest absolute Gasteiger partial charge is 1.00 e. The van der Waals surface area contributed by atoms with Gasteiger partial charge in [0.25, 0.3) is 6.23 Å². The highest BCUT2D eigenvalue weighted by atomic mass is 35.5. The zero-order chi connectivity index (χ0) is 12.4. The summed E-state index contributed by atoms with van der Waals surface area (Å²) in [6.45, 7) is 2.25. The molecule has 0 radical (unpaired) electrons. The number of hydrogen-bond acceptors (Lipinski definition) is 3. The summed E-state index contributed by atoms with van der Waals surface area (Å²) in [5, 5.41) is 10.1. The molecule has 6 heteroatoms. The lowest BCUT2D eigenvalue weighted by Gasteiger charge is -2.26. The van der Waals surface area contributed by atoms with Crippen LogP contribution in [0.25, 0.3) is 0 Å². The molecule has 0 aliphatic carbocycles. The summed E-state index contributed by atoms with van der Waals surface area (Å²) in [7, 11) is 0. The van der Waals surface area contributed by atoms with Gasteiger partial charge >= 0.3 is 0 Å². The predicted octanol–water partition coefficient (Wildman–Crippen LogP) is -1.70. The molecule has 0 aromatic carbocycles. The highest BCUT2D eigenvalue weighted by molar-refractivity contribution is 5.85. The Hall–Kier alpha value is -1.20. The van der Waals surface area contributed by atoms with E-state index < -0.39 is 6.23 Å². The second kappa shape index (κ2) is 7.55. The van der Waals surface area contributed by atoms with Crippen LogP contribution in [0.2, 0.25) is 0 Å². The highest BCUT2D eigenvalue weighted by Gasteiger charge is 2.29. The Balaban J connectivity index is 0.000001000. The number of aliphatic hydroxyl groups excluding tert-OH is 1. The maximum atomic E-state index is 10.1. The molecule has 3 rings (SSSR count). The van der Waals surface area contributed by atoms with Crippen molar-refractivity contribution >= 4 is 12.4 Å². The van der Waals surface area contributed by atoms with Gasteiger partial charge in [-0.25, -0.2) is 0 Å². The Morgan fingerprint density at radius 1 is 1.25 bits per heavy atom. The number of nitrogens with zero attached hydrogens (tertiary/aromatic N) is 3. The van der Waals surface area contributed by atoms with Gasteiger partial charge in [-0.2, -0.15) is 4.57 Å². The van der Waals surface area contributed by atoms with E-state index in [0.29, 0.717) is 6.54 Å². The predicted molar refractivity (Wildman–Crippen MR) is 73.5 cm³/mol. The Kier molecular flexibility index (Phi) is 6.36. The number of pyridine rings is 2. The van der Waals surface area contributed by atoms with E-state index in [4.69, 9.17) is 0 Å². The van der Waals surface area contributed by atoms with E-state index in [0.717, 1.165) is 24.5 Å². The minimum absolute atomic E-state index is 0. The summed E-state index contributed by atoms with van der Waals surface area (Å²) < 4.78 is 1.93. The fraction of sp³-hybridized carbons (Fsp3) is 0.286. The number of β-amino-alcohol motifs (C(OH)–C–C–N with tert-alkyl or cyclic N) is 1. The molecule has 0 bridgehead atoms. The summed E-state index contributed by atoms with van der Waals surface area (Å²) >= 11 is 0. The number of hydrogen-bond donors (Lipinski definition) is 1. The molecule has 108 valence electrons. The Morgan fingerprint density at radius 2 is 2.05 bits per heavy atom. The van der Waals surface area contributed by atoms with Crippen molar-refractivity contribution < 1.29 is 22.1 Å². The number of aliphatic hydroxyl groups is 1. The van der Waals surface area contributed by atoms with E-state index in [9.17, 15) is 5.11 Å². The van der Waals surface area contributed by atoms with Crippen molar-refractivity contribution in [2.45, 2.75) is 19.3 Å². The first-order valence-electron chi connectivity index (χ1n) is 6.12. The third kappa shape index (κ3) is 3.67. The molecule has 1 aliphatic heterocycles. The smallest absolute Gasteiger partial charge is 0.273 e. The SMILES string of the molecule is Cl.OC1CN(Cc2ccccn2)Cc2cccc[n+]21.[Cl-]. The topological polar surface area (TPSA) is 40.2 Å². The lowest BCUT2D eigenvalue weighted by molar-refractivity contribution is -0.773. The number of halogens is 2. The van der Waals surface area contributed by atoms with E-state index in [2.05, 4.69) is 9.88 Å². The monoisotopic (exact) mass is 313 g/mol. The van der Waals surface area contributed by atoms with Crippen LogP contribution in [-0.4, -0.2) is 21.5 Å². The molecule has 2 aromatic rings. The molecule has 1 aliphatic rings. The second-order valence-corrected chi connectivity index (χ2v) is 4.57. The molecule has 4 nitrogen and oxygen atoms in total. The zero-order valence-corrected chi connectivity index (χ0v) is 12.5. The maximum Gasteiger partial charge on any atom is 0.273 e. The van der Waals surface area contributed by atoms with Crippen LogP contribution in [0.1, 0.15) is 17.6 Å². The van der Waals surface area contributed by atoms with Crippen molar-refractivity contribution in [1.82, 2.24) is 9.88 Å². The molecule has 1 atom stereocenters. The van der Waals surface area contributed by atoms with Gasteiger partial charge in [0.05, 0.1) is 18.8 Å². The van der Waals surface area contributed by atoms with Gasteiger partial charge < -0.3 is 17.5 Å². The molecule has 0 spiro atoms. The normalized spacial score (nSPS) is 17.6. The maximum absolute atomic E-state index is 10.1. The summed E-state index contributed by atoms with van der Waals surface area (Å²) in [5.41, 5.74) is 2.17. The molecule has 3 heterocycles. The van der Waals surface area contributed by atoms with Gasteiger partial charge in [0.15, 0.2) is 11.9 Å². The highest BCUT2D eigenvalue weighted by Crippen LogP contribution is 2.13. The van der Waals surface area contributed by atoms with Crippen molar-refractivity contribution in [1.29, 1.82) is 0 Å². The zero-order valence-electron chi connectivity index (χ0n) is 10.9. The molecule has 0 amide bonds. The van der Waals surface area contributed by atoms with E-state index in [1.165, 1.54) is 0 Å². The summed E-state index contributed by atoms with van der Waals surface area (Å²) in [5.74, 6) is 0. The second-order valence-electron chi connectivity index (χ2n) is 4.57. The van der Waals surface area contributed by atoms with Gasteiger partial charge in [0, 0.05) is 24.9 Å². The molecular weight excluding hydrogens is 297 g/mol. The molecule has 0 saturated heterocycles. The van der Waals surface area contributed by atoms with Crippen LogP contribution >= 0.6 is 12.4 Å².